The predicted molar refractivity (Wildman–Crippen MR) is 81.8 cm³/mol. The number of halogens is 1. The molecule has 4 rings (SSSR count). The van der Waals surface area contributed by atoms with Crippen LogP contribution < -0.4 is 0 Å². The molecule has 4 nitrogen and oxygen atoms in total. The molecule has 0 amide bonds. The van der Waals surface area contributed by atoms with Crippen LogP contribution in [-0.2, 0) is 6.61 Å². The molecule has 0 aliphatic heterocycles. The Hall–Kier alpha value is -1.04. The molecule has 2 aliphatic rings. The Balaban J connectivity index is 1.69. The highest BCUT2D eigenvalue weighted by atomic mass is 35.5. The number of benzene rings is 1. The molecule has 21 heavy (non-hydrogen) atoms. The van der Waals surface area contributed by atoms with E-state index in [0.717, 1.165) is 21.4 Å². The van der Waals surface area contributed by atoms with Crippen LogP contribution in [0.25, 0.3) is 0 Å². The Kier molecular flexibility index (Phi) is 3.44. The quantitative estimate of drug-likeness (QED) is 0.910. The van der Waals surface area contributed by atoms with E-state index in [1.165, 1.54) is 25.7 Å². The van der Waals surface area contributed by atoms with E-state index in [1.807, 2.05) is 12.1 Å². The topological polar surface area (TPSA) is 50.9 Å². The van der Waals surface area contributed by atoms with Gasteiger partial charge in [0, 0.05) is 21.9 Å². The fourth-order valence-electron chi connectivity index (χ4n) is 2.51. The maximum absolute atomic E-state index is 9.48. The summed E-state index contributed by atoms with van der Waals surface area (Å²) in [5.41, 5.74) is 0.878. The number of hydrogen-bond donors (Lipinski definition) is 1. The van der Waals surface area contributed by atoms with E-state index in [2.05, 4.69) is 14.8 Å². The third-order valence-electron chi connectivity index (χ3n) is 3.95. The molecule has 0 saturated heterocycles. The second kappa shape index (κ2) is 5.30. The van der Waals surface area contributed by atoms with Crippen LogP contribution in [0.4, 0.5) is 0 Å². The summed E-state index contributed by atoms with van der Waals surface area (Å²) in [6.45, 7) is 0.00650. The van der Waals surface area contributed by atoms with E-state index in [1.54, 1.807) is 17.8 Å². The predicted octanol–water partition coefficient (Wildman–Crippen LogP) is 3.79. The zero-order valence-electron chi connectivity index (χ0n) is 11.5. The second-order valence-electron chi connectivity index (χ2n) is 5.73. The molecule has 1 heterocycles. The highest BCUT2D eigenvalue weighted by molar-refractivity contribution is 7.99. The van der Waals surface area contributed by atoms with Gasteiger partial charge in [-0.3, -0.25) is 0 Å². The molecule has 1 aromatic carbocycles. The zero-order chi connectivity index (χ0) is 14.4. The van der Waals surface area contributed by atoms with E-state index in [9.17, 15) is 5.11 Å². The summed E-state index contributed by atoms with van der Waals surface area (Å²) in [6.07, 6.45) is 4.89. The monoisotopic (exact) mass is 321 g/mol. The number of rotatable bonds is 5. The Morgan fingerprint density at radius 3 is 2.71 bits per heavy atom. The first kappa shape index (κ1) is 13.6. The van der Waals surface area contributed by atoms with Crippen molar-refractivity contribution in [3.8, 4) is 0 Å². The summed E-state index contributed by atoms with van der Waals surface area (Å²) >= 11 is 7.64. The minimum absolute atomic E-state index is 0.00650. The molecule has 2 aromatic rings. The Morgan fingerprint density at radius 1 is 1.24 bits per heavy atom. The fraction of sp³-hybridized carbons (Fsp3) is 0.467. The molecular formula is C15H16ClN3OS. The Morgan fingerprint density at radius 2 is 2.05 bits per heavy atom. The number of aliphatic hydroxyl groups is 1. The van der Waals surface area contributed by atoms with Crippen molar-refractivity contribution in [1.82, 2.24) is 14.8 Å². The number of hydrogen-bond acceptors (Lipinski definition) is 4. The third kappa shape index (κ3) is 2.70. The molecule has 0 bridgehead atoms. The lowest BCUT2D eigenvalue weighted by Gasteiger charge is -2.10. The van der Waals surface area contributed by atoms with Crippen molar-refractivity contribution in [2.45, 2.75) is 54.3 Å². The summed E-state index contributed by atoms with van der Waals surface area (Å²) in [4.78, 5) is 0.960. The van der Waals surface area contributed by atoms with Gasteiger partial charge in [-0.2, -0.15) is 0 Å². The minimum atomic E-state index is 0.00650. The maximum Gasteiger partial charge on any atom is 0.196 e. The van der Waals surface area contributed by atoms with Crippen LogP contribution in [0.1, 0.15) is 49.0 Å². The molecule has 0 atom stereocenters. The van der Waals surface area contributed by atoms with Gasteiger partial charge in [0.1, 0.15) is 5.82 Å². The lowest BCUT2D eigenvalue weighted by atomic mass is 10.2. The summed E-state index contributed by atoms with van der Waals surface area (Å²) in [5.74, 6) is 1.75. The van der Waals surface area contributed by atoms with Crippen molar-refractivity contribution >= 4 is 23.4 Å². The first-order valence-electron chi connectivity index (χ1n) is 7.28. The van der Waals surface area contributed by atoms with E-state index < -0.39 is 0 Å². The fourth-order valence-corrected chi connectivity index (χ4v) is 3.81. The normalized spacial score (nSPS) is 18.2. The summed E-state index contributed by atoms with van der Waals surface area (Å²) in [6, 6.07) is 6.12. The second-order valence-corrected chi connectivity index (χ2v) is 7.17. The molecule has 1 N–H and O–H groups in total. The smallest absolute Gasteiger partial charge is 0.196 e. The number of aliphatic hydroxyl groups excluding tert-OH is 1. The molecule has 0 spiro atoms. The molecule has 1 aromatic heterocycles. The minimum Gasteiger partial charge on any atom is -0.392 e. The van der Waals surface area contributed by atoms with E-state index in [4.69, 9.17) is 11.6 Å². The molecule has 2 aliphatic carbocycles. The van der Waals surface area contributed by atoms with Gasteiger partial charge in [-0.1, -0.05) is 17.7 Å². The Labute approximate surface area is 132 Å². The highest BCUT2D eigenvalue weighted by Crippen LogP contribution is 2.47. The molecule has 110 valence electrons. The molecule has 0 radical (unpaired) electrons. The van der Waals surface area contributed by atoms with Crippen molar-refractivity contribution < 1.29 is 5.11 Å². The zero-order valence-corrected chi connectivity index (χ0v) is 13.1. The summed E-state index contributed by atoms with van der Waals surface area (Å²) in [7, 11) is 0. The van der Waals surface area contributed by atoms with Gasteiger partial charge in [-0.05, 0) is 55.1 Å². The summed E-state index contributed by atoms with van der Waals surface area (Å²) < 4.78 is 2.31. The molecule has 0 unspecified atom stereocenters. The largest absolute Gasteiger partial charge is 0.392 e. The van der Waals surface area contributed by atoms with Crippen LogP contribution >= 0.6 is 23.4 Å². The van der Waals surface area contributed by atoms with Gasteiger partial charge in [0.25, 0.3) is 0 Å². The average Bonchev–Trinajstić information content (AvgIpc) is 3.39. The lowest BCUT2D eigenvalue weighted by Crippen LogP contribution is -2.02. The van der Waals surface area contributed by atoms with Crippen LogP contribution in [0.3, 0.4) is 0 Å². The van der Waals surface area contributed by atoms with Crippen molar-refractivity contribution in [2.75, 3.05) is 0 Å². The van der Waals surface area contributed by atoms with Gasteiger partial charge in [-0.15, -0.1) is 10.2 Å². The van der Waals surface area contributed by atoms with Gasteiger partial charge in [0.05, 0.1) is 6.61 Å². The van der Waals surface area contributed by atoms with E-state index >= 15 is 0 Å². The number of nitrogens with zero attached hydrogens (tertiary/aromatic N) is 3. The lowest BCUT2D eigenvalue weighted by molar-refractivity contribution is 0.279. The first-order chi connectivity index (χ1) is 10.3. The average molecular weight is 322 g/mol. The molecule has 6 heteroatoms. The van der Waals surface area contributed by atoms with Crippen LogP contribution in [0.15, 0.2) is 28.3 Å². The highest BCUT2D eigenvalue weighted by Gasteiger charge is 2.36. The van der Waals surface area contributed by atoms with Gasteiger partial charge >= 0.3 is 0 Å². The van der Waals surface area contributed by atoms with Crippen LogP contribution in [0.2, 0.25) is 5.02 Å². The standard InChI is InChI=1S/C15H16ClN3OS/c16-11-4-3-10(8-20)13(7-11)21-15-18-17-14(9-1-2-9)19(15)12-5-6-12/h3-4,7,9,12,20H,1-2,5-6,8H2. The maximum atomic E-state index is 9.48. The molecular weight excluding hydrogens is 306 g/mol. The van der Waals surface area contributed by atoms with Crippen LogP contribution in [0.5, 0.6) is 0 Å². The summed E-state index contributed by atoms with van der Waals surface area (Å²) in [5, 5.41) is 19.9. The number of aromatic nitrogens is 3. The first-order valence-corrected chi connectivity index (χ1v) is 8.47. The van der Waals surface area contributed by atoms with Crippen LogP contribution in [0, 0.1) is 0 Å². The van der Waals surface area contributed by atoms with Crippen molar-refractivity contribution in [2.24, 2.45) is 0 Å². The van der Waals surface area contributed by atoms with Crippen molar-refractivity contribution in [3.05, 3.63) is 34.6 Å². The molecule has 2 saturated carbocycles. The van der Waals surface area contributed by atoms with Crippen molar-refractivity contribution in [3.63, 3.8) is 0 Å². The third-order valence-corrected chi connectivity index (χ3v) is 5.24. The SMILES string of the molecule is OCc1ccc(Cl)cc1Sc1nnc(C2CC2)n1C1CC1. The molecule has 2 fully saturated rings. The van der Waals surface area contributed by atoms with Gasteiger partial charge in [-0.25, -0.2) is 0 Å². The van der Waals surface area contributed by atoms with Gasteiger partial charge < -0.3 is 9.67 Å². The van der Waals surface area contributed by atoms with Crippen molar-refractivity contribution in [1.29, 1.82) is 0 Å². The Bertz CT molecular complexity index is 680. The van der Waals surface area contributed by atoms with Crippen LogP contribution in [-0.4, -0.2) is 19.9 Å². The van der Waals surface area contributed by atoms with Gasteiger partial charge in [0.2, 0.25) is 0 Å². The van der Waals surface area contributed by atoms with Gasteiger partial charge in [0.15, 0.2) is 5.16 Å². The van der Waals surface area contributed by atoms with E-state index in [-0.39, 0.29) is 6.61 Å². The van der Waals surface area contributed by atoms with E-state index in [0.29, 0.717) is 17.0 Å².